The van der Waals surface area contributed by atoms with Crippen LogP contribution in [0.5, 0.6) is 0 Å². The van der Waals surface area contributed by atoms with Gasteiger partial charge in [0.15, 0.2) is 0 Å². The van der Waals surface area contributed by atoms with Gasteiger partial charge in [0.25, 0.3) is 0 Å². The van der Waals surface area contributed by atoms with Crippen molar-refractivity contribution >= 4 is 80.2 Å². The van der Waals surface area contributed by atoms with Gasteiger partial charge in [-0.05, 0) is 75.5 Å². The summed E-state index contributed by atoms with van der Waals surface area (Å²) in [5.41, 5.74) is 9.12. The summed E-state index contributed by atoms with van der Waals surface area (Å²) in [7, 11) is -2.49. The molecule has 0 spiro atoms. The normalized spacial score (nSPS) is 16.8. The Morgan fingerprint density at radius 2 is 1.19 bits per heavy atom. The summed E-state index contributed by atoms with van der Waals surface area (Å²) >= 11 is 3.91. The first-order chi connectivity index (χ1) is 25.2. The van der Waals surface area contributed by atoms with Crippen LogP contribution < -0.4 is 0 Å². The van der Waals surface area contributed by atoms with Gasteiger partial charge in [0.05, 0.1) is 0 Å². The fraction of sp³-hybridized carbons (Fsp3) is 0.167. The Morgan fingerprint density at radius 1 is 0.596 bits per heavy atom. The lowest BCUT2D eigenvalue weighted by atomic mass is 9.79. The van der Waals surface area contributed by atoms with Crippen LogP contribution in [-0.2, 0) is 11.5 Å². The van der Waals surface area contributed by atoms with Crippen LogP contribution in [0.1, 0.15) is 50.1 Å². The molecular weight excluding hydrogens is 705 g/mol. The van der Waals surface area contributed by atoms with Crippen LogP contribution in [0.25, 0.3) is 37.0 Å². The van der Waals surface area contributed by atoms with E-state index in [1.54, 1.807) is 0 Å². The van der Waals surface area contributed by atoms with Crippen molar-refractivity contribution in [2.24, 2.45) is 0 Å². The highest BCUT2D eigenvalue weighted by Gasteiger charge is 2.39. The number of thiophene rings is 1. The van der Waals surface area contributed by atoms with Gasteiger partial charge >= 0.3 is 0 Å². The van der Waals surface area contributed by atoms with Crippen molar-refractivity contribution in [3.63, 3.8) is 0 Å². The molecule has 4 heteroatoms. The molecule has 0 radical (unpaired) electrons. The second-order valence-corrected chi connectivity index (χ2v) is 24.2. The van der Waals surface area contributed by atoms with Crippen LogP contribution >= 0.6 is 43.2 Å². The van der Waals surface area contributed by atoms with E-state index in [4.69, 9.17) is 0 Å². The van der Waals surface area contributed by atoms with Crippen LogP contribution in [0.4, 0.5) is 0 Å². The van der Waals surface area contributed by atoms with E-state index in [0.717, 1.165) is 11.5 Å². The van der Waals surface area contributed by atoms with E-state index >= 15 is 0 Å². The first-order valence-electron chi connectivity index (χ1n) is 17.7. The average Bonchev–Trinajstić information content (AvgIpc) is 3.72. The van der Waals surface area contributed by atoms with Gasteiger partial charge in [-0.1, -0.05) is 133 Å². The van der Waals surface area contributed by atoms with Gasteiger partial charge in [-0.2, -0.15) is 20.1 Å². The minimum Gasteiger partial charge on any atom is -0.179 e. The summed E-state index contributed by atoms with van der Waals surface area (Å²) in [6, 6.07) is 44.3. The molecule has 2 atom stereocenters. The summed E-state index contributed by atoms with van der Waals surface area (Å²) in [5, 5.41) is 13.2. The van der Waals surface area contributed by atoms with Crippen LogP contribution in [-0.4, -0.2) is 25.0 Å². The van der Waals surface area contributed by atoms with Gasteiger partial charge < -0.3 is 0 Å². The first-order valence-corrected chi connectivity index (χ1v) is 24.6. The number of rotatable bonds is 4. The summed E-state index contributed by atoms with van der Waals surface area (Å²) in [4.78, 5) is 1.38. The number of benzene rings is 6. The third kappa shape index (κ3) is 6.17. The maximum absolute atomic E-state index is 3.95. The number of hydrogen-bond acceptors (Lipinski definition) is 2. The quantitative estimate of drug-likeness (QED) is 0.162. The van der Waals surface area contributed by atoms with Gasteiger partial charge in [0, 0.05) is 69.6 Å². The van der Waals surface area contributed by atoms with Crippen LogP contribution in [0.2, 0.25) is 0 Å². The highest BCUT2D eigenvalue weighted by molar-refractivity contribution is 8.36. The fourth-order valence-corrected chi connectivity index (χ4v) is 13.6. The molecule has 2 heterocycles. The monoisotopic (exact) mass is 744 g/mol. The van der Waals surface area contributed by atoms with Gasteiger partial charge in [-0.15, -0.1) is 23.1 Å². The maximum Gasteiger partial charge on any atom is 0.0467 e. The summed E-state index contributed by atoms with van der Waals surface area (Å²) < 4.78 is 2.63. The van der Waals surface area contributed by atoms with Crippen LogP contribution in [0.3, 0.4) is 0 Å². The number of fused-ring (bicyclic) bond motifs is 10. The maximum atomic E-state index is 3.95. The van der Waals surface area contributed by atoms with E-state index in [9.17, 15) is 0 Å². The van der Waals surface area contributed by atoms with Crippen molar-refractivity contribution in [2.45, 2.75) is 27.6 Å². The molecule has 1 aliphatic heterocycles. The summed E-state index contributed by atoms with van der Waals surface area (Å²) in [6.07, 6.45) is 14.3. The van der Waals surface area contributed by atoms with Crippen molar-refractivity contribution in [2.75, 3.05) is 25.0 Å². The average molecular weight is 745 g/mol. The third-order valence-corrected chi connectivity index (χ3v) is 16.2. The van der Waals surface area contributed by atoms with Crippen LogP contribution in [0.15, 0.2) is 132 Å². The van der Waals surface area contributed by atoms with E-state index < -0.39 is 20.1 Å². The Morgan fingerprint density at radius 3 is 1.90 bits per heavy atom. The molecule has 0 nitrogen and oxygen atoms in total. The van der Waals surface area contributed by atoms with E-state index in [1.165, 1.54) is 74.8 Å². The molecule has 6 aromatic carbocycles. The molecule has 0 amide bonds. The number of allylic oxidation sites excluding steroid dienone is 1. The second-order valence-electron chi connectivity index (χ2n) is 14.8. The molecule has 7 aromatic rings. The van der Waals surface area contributed by atoms with Crippen LogP contribution in [0, 0.1) is 22.3 Å². The molecule has 0 N–H and O–H groups in total. The highest BCUT2D eigenvalue weighted by atomic mass is 32.3. The van der Waals surface area contributed by atoms with Gasteiger partial charge in [0.1, 0.15) is 0 Å². The van der Waals surface area contributed by atoms with E-state index in [-0.39, 0.29) is 5.25 Å². The van der Waals surface area contributed by atoms with E-state index in [0.29, 0.717) is 5.92 Å². The Labute approximate surface area is 319 Å². The molecule has 256 valence electrons. The number of thioether (sulfide) groups is 1. The SMILES string of the molecule is CS(C)(C#Cc1c2c(c(C#CS(C)(C)Cc3ccccc3)c3c1ccc1c4ccccc4sc13)C=CC1c3ccccc3SC21)Cc1ccccc1. The van der Waals surface area contributed by atoms with E-state index in [1.807, 2.05) is 23.1 Å². The third-order valence-electron chi connectivity index (χ3n) is 10.2. The van der Waals surface area contributed by atoms with Gasteiger partial charge in [0.2, 0.25) is 0 Å². The molecule has 0 fully saturated rings. The standard InChI is InChI=1S/C48H40S4/c1-51(2,31-33-15-7-5-8-16-33)29-27-39-37-23-25-42-36-20-12-14-22-44(36)50-48(42)46(37)40(28-30-52(3,4)32-34-17-9-6-10-18-34)38-24-26-41-35-19-11-13-21-43(35)49-47(41)45(38)39/h5-26,41,47H,31-32H2,1-4H3. The highest BCUT2D eigenvalue weighted by Crippen LogP contribution is 2.60. The molecular formula is C48H40S4. The topological polar surface area (TPSA) is 0 Å². The lowest BCUT2D eigenvalue weighted by Gasteiger charge is -2.29. The predicted octanol–water partition coefficient (Wildman–Crippen LogP) is 13.3. The van der Waals surface area contributed by atoms with Gasteiger partial charge in [-0.3, -0.25) is 0 Å². The van der Waals surface area contributed by atoms with Crippen molar-refractivity contribution in [3.8, 4) is 22.3 Å². The Bertz CT molecular complexity index is 2670. The molecule has 1 aliphatic carbocycles. The second kappa shape index (κ2) is 13.3. The van der Waals surface area contributed by atoms with Crippen molar-refractivity contribution in [3.05, 3.63) is 166 Å². The largest absolute Gasteiger partial charge is 0.179 e. The molecule has 0 saturated heterocycles. The zero-order chi connectivity index (χ0) is 35.5. The van der Waals surface area contributed by atoms with Gasteiger partial charge in [-0.25, -0.2) is 0 Å². The lowest BCUT2D eigenvalue weighted by Crippen LogP contribution is -2.11. The molecule has 2 unspecified atom stereocenters. The zero-order valence-electron chi connectivity index (χ0n) is 29.9. The lowest BCUT2D eigenvalue weighted by molar-refractivity contribution is 0.817. The minimum absolute atomic E-state index is 0.252. The first kappa shape index (κ1) is 33.5. The fourth-order valence-electron chi connectivity index (χ4n) is 7.84. The summed E-state index contributed by atoms with van der Waals surface area (Å²) in [6.45, 7) is 0. The molecule has 0 saturated carbocycles. The smallest absolute Gasteiger partial charge is 0.0467 e. The molecule has 9 rings (SSSR count). The van der Waals surface area contributed by atoms with Crippen molar-refractivity contribution in [1.29, 1.82) is 0 Å². The molecule has 1 aromatic heterocycles. The minimum atomic E-state index is -1.25. The number of hydrogen-bond donors (Lipinski definition) is 0. The predicted molar refractivity (Wildman–Crippen MR) is 237 cm³/mol. The summed E-state index contributed by atoms with van der Waals surface area (Å²) in [5.74, 6) is 10.2. The van der Waals surface area contributed by atoms with Crippen molar-refractivity contribution < 1.29 is 0 Å². The Kier molecular flexibility index (Phi) is 8.57. The molecule has 52 heavy (non-hydrogen) atoms. The van der Waals surface area contributed by atoms with Crippen molar-refractivity contribution in [1.82, 2.24) is 0 Å². The molecule has 2 aliphatic rings. The Balaban J connectivity index is 1.32. The van der Waals surface area contributed by atoms with E-state index in [2.05, 4.69) is 181 Å². The Hall–Kier alpha value is -4.29. The zero-order valence-corrected chi connectivity index (χ0v) is 33.2. The molecule has 0 bridgehead atoms.